The van der Waals surface area contributed by atoms with Crippen LogP contribution in [0.25, 0.3) is 0 Å². The van der Waals surface area contributed by atoms with Gasteiger partial charge in [-0.05, 0) is 30.7 Å². The zero-order valence-corrected chi connectivity index (χ0v) is 12.8. The van der Waals surface area contributed by atoms with Crippen molar-refractivity contribution in [1.82, 2.24) is 0 Å². The average Bonchev–Trinajstić information content (AvgIpc) is 2.46. The third-order valence-electron chi connectivity index (χ3n) is 2.93. The lowest BCUT2D eigenvalue weighted by Gasteiger charge is -2.10. The van der Waals surface area contributed by atoms with Gasteiger partial charge in [0.2, 0.25) is 0 Å². The first kappa shape index (κ1) is 15.5. The maximum absolute atomic E-state index is 8.63. The third kappa shape index (κ3) is 3.80. The highest BCUT2D eigenvalue weighted by molar-refractivity contribution is 6.32. The van der Waals surface area contributed by atoms with Crippen molar-refractivity contribution in [3.8, 4) is 5.75 Å². The number of benzene rings is 2. The van der Waals surface area contributed by atoms with E-state index in [1.807, 2.05) is 25.1 Å². The van der Waals surface area contributed by atoms with Crippen LogP contribution >= 0.6 is 23.2 Å². The van der Waals surface area contributed by atoms with E-state index in [2.05, 4.69) is 5.16 Å². The molecule has 0 saturated carbocycles. The summed E-state index contributed by atoms with van der Waals surface area (Å²) in [6.45, 7) is 2.23. The molecule has 0 aliphatic rings. The van der Waals surface area contributed by atoms with Gasteiger partial charge in [-0.2, -0.15) is 0 Å². The Bertz CT molecular complexity index is 687. The maximum Gasteiger partial charge on any atom is 0.170 e. The second-order valence-electron chi connectivity index (χ2n) is 4.51. The quantitative estimate of drug-likeness (QED) is 0.387. The standard InChI is InChI=1S/C15H14Cl2N2O2/c1-9-2-5-14(13(17)6-9)21-8-11-4-3-10(7-12(11)16)15(18)19-20/h2-7,20H,8H2,1H3,(H2,18,19). The number of hydrogen-bond acceptors (Lipinski definition) is 3. The number of hydrogen-bond donors (Lipinski definition) is 2. The van der Waals surface area contributed by atoms with Gasteiger partial charge in [-0.15, -0.1) is 0 Å². The van der Waals surface area contributed by atoms with Crippen molar-refractivity contribution in [2.75, 3.05) is 0 Å². The highest BCUT2D eigenvalue weighted by Gasteiger charge is 2.07. The van der Waals surface area contributed by atoms with Gasteiger partial charge in [-0.3, -0.25) is 0 Å². The Morgan fingerprint density at radius 1 is 1.19 bits per heavy atom. The van der Waals surface area contributed by atoms with Crippen molar-refractivity contribution in [2.24, 2.45) is 10.9 Å². The number of amidine groups is 1. The van der Waals surface area contributed by atoms with Crippen LogP contribution in [0.3, 0.4) is 0 Å². The molecule has 0 bridgehead atoms. The van der Waals surface area contributed by atoms with Gasteiger partial charge in [-0.25, -0.2) is 0 Å². The lowest BCUT2D eigenvalue weighted by molar-refractivity contribution is 0.306. The van der Waals surface area contributed by atoms with E-state index in [0.717, 1.165) is 11.1 Å². The van der Waals surface area contributed by atoms with E-state index in [1.54, 1.807) is 18.2 Å². The first-order valence-electron chi connectivity index (χ1n) is 6.16. The molecule has 0 atom stereocenters. The summed E-state index contributed by atoms with van der Waals surface area (Å²) in [5, 5.41) is 12.6. The summed E-state index contributed by atoms with van der Waals surface area (Å²) in [6, 6.07) is 10.7. The van der Waals surface area contributed by atoms with Gasteiger partial charge in [0.1, 0.15) is 12.4 Å². The monoisotopic (exact) mass is 324 g/mol. The average molecular weight is 325 g/mol. The molecule has 0 aliphatic carbocycles. The van der Waals surface area contributed by atoms with Gasteiger partial charge >= 0.3 is 0 Å². The largest absolute Gasteiger partial charge is 0.487 e. The number of aryl methyl sites for hydroxylation is 1. The normalized spacial score (nSPS) is 11.5. The Morgan fingerprint density at radius 3 is 2.57 bits per heavy atom. The summed E-state index contributed by atoms with van der Waals surface area (Å²) in [4.78, 5) is 0. The first-order valence-corrected chi connectivity index (χ1v) is 6.92. The van der Waals surface area contributed by atoms with Crippen molar-refractivity contribution >= 4 is 29.0 Å². The predicted molar refractivity (Wildman–Crippen MR) is 84.5 cm³/mol. The van der Waals surface area contributed by atoms with E-state index in [1.165, 1.54) is 0 Å². The Labute approximate surface area is 132 Å². The molecule has 0 saturated heterocycles. The molecule has 0 spiro atoms. The number of rotatable bonds is 4. The molecule has 4 nitrogen and oxygen atoms in total. The molecule has 0 unspecified atom stereocenters. The smallest absolute Gasteiger partial charge is 0.170 e. The molecule has 2 aromatic carbocycles. The zero-order chi connectivity index (χ0) is 15.4. The molecule has 0 aromatic heterocycles. The molecule has 2 aromatic rings. The van der Waals surface area contributed by atoms with E-state index < -0.39 is 0 Å². The first-order chi connectivity index (χ1) is 10.0. The fourth-order valence-corrected chi connectivity index (χ4v) is 2.28. The Morgan fingerprint density at radius 2 is 1.95 bits per heavy atom. The second kappa shape index (κ2) is 6.70. The van der Waals surface area contributed by atoms with Crippen molar-refractivity contribution in [3.63, 3.8) is 0 Å². The van der Waals surface area contributed by atoms with Crippen LogP contribution in [0.4, 0.5) is 0 Å². The number of ether oxygens (including phenoxy) is 1. The molecule has 6 heteroatoms. The summed E-state index contributed by atoms with van der Waals surface area (Å²) in [6.07, 6.45) is 0. The van der Waals surface area contributed by atoms with Gasteiger partial charge in [0.15, 0.2) is 5.84 Å². The van der Waals surface area contributed by atoms with E-state index >= 15 is 0 Å². The number of halogens is 2. The highest BCUT2D eigenvalue weighted by atomic mass is 35.5. The van der Waals surface area contributed by atoms with E-state index in [-0.39, 0.29) is 12.4 Å². The highest BCUT2D eigenvalue weighted by Crippen LogP contribution is 2.27. The number of nitrogens with two attached hydrogens (primary N) is 1. The van der Waals surface area contributed by atoms with Crippen molar-refractivity contribution in [2.45, 2.75) is 13.5 Å². The topological polar surface area (TPSA) is 67.8 Å². The van der Waals surface area contributed by atoms with Crippen LogP contribution < -0.4 is 10.5 Å². The van der Waals surface area contributed by atoms with Crippen LogP contribution in [0.5, 0.6) is 5.75 Å². The van der Waals surface area contributed by atoms with Crippen LogP contribution in [-0.2, 0) is 6.61 Å². The summed E-state index contributed by atoms with van der Waals surface area (Å²) in [5.74, 6) is 0.602. The molecular weight excluding hydrogens is 311 g/mol. The summed E-state index contributed by atoms with van der Waals surface area (Å²) in [7, 11) is 0. The Hall–Kier alpha value is -1.91. The van der Waals surface area contributed by atoms with E-state index in [9.17, 15) is 0 Å². The molecule has 21 heavy (non-hydrogen) atoms. The van der Waals surface area contributed by atoms with E-state index in [0.29, 0.717) is 21.4 Å². The van der Waals surface area contributed by atoms with Gasteiger partial charge in [0.25, 0.3) is 0 Å². The lowest BCUT2D eigenvalue weighted by atomic mass is 10.1. The molecule has 0 radical (unpaired) electrons. The maximum atomic E-state index is 8.63. The minimum Gasteiger partial charge on any atom is -0.487 e. The second-order valence-corrected chi connectivity index (χ2v) is 5.33. The summed E-state index contributed by atoms with van der Waals surface area (Å²) < 4.78 is 5.66. The fourth-order valence-electron chi connectivity index (χ4n) is 1.76. The fraction of sp³-hybridized carbons (Fsp3) is 0.133. The molecule has 0 fully saturated rings. The predicted octanol–water partition coefficient (Wildman–Crippen LogP) is 3.98. The van der Waals surface area contributed by atoms with Crippen LogP contribution in [0, 0.1) is 6.92 Å². The van der Waals surface area contributed by atoms with Crippen LogP contribution in [0.1, 0.15) is 16.7 Å². The van der Waals surface area contributed by atoms with E-state index in [4.69, 9.17) is 38.9 Å². The molecule has 0 aliphatic heterocycles. The third-order valence-corrected chi connectivity index (χ3v) is 3.57. The summed E-state index contributed by atoms with van der Waals surface area (Å²) >= 11 is 12.3. The Kier molecular flexibility index (Phi) is 4.94. The number of nitrogens with zero attached hydrogens (tertiary/aromatic N) is 1. The van der Waals surface area contributed by atoms with Gasteiger partial charge < -0.3 is 15.7 Å². The Balaban J connectivity index is 2.13. The number of oxime groups is 1. The van der Waals surface area contributed by atoms with Gasteiger partial charge in [0.05, 0.1) is 5.02 Å². The van der Waals surface area contributed by atoms with Gasteiger partial charge in [0, 0.05) is 16.1 Å². The lowest BCUT2D eigenvalue weighted by Crippen LogP contribution is -2.13. The molecular formula is C15H14Cl2N2O2. The molecule has 110 valence electrons. The molecule has 3 N–H and O–H groups in total. The van der Waals surface area contributed by atoms with Crippen molar-refractivity contribution < 1.29 is 9.94 Å². The van der Waals surface area contributed by atoms with Crippen LogP contribution in [0.15, 0.2) is 41.6 Å². The van der Waals surface area contributed by atoms with Crippen molar-refractivity contribution in [1.29, 1.82) is 0 Å². The minimum atomic E-state index is 0.00551. The van der Waals surface area contributed by atoms with Gasteiger partial charge in [-0.1, -0.05) is 46.6 Å². The summed E-state index contributed by atoms with van der Waals surface area (Å²) in [5.41, 5.74) is 7.89. The minimum absolute atomic E-state index is 0.00551. The molecule has 0 heterocycles. The van der Waals surface area contributed by atoms with Crippen LogP contribution in [0.2, 0.25) is 10.0 Å². The molecule has 2 rings (SSSR count). The molecule has 0 amide bonds. The SMILES string of the molecule is Cc1ccc(OCc2ccc(/C(N)=N/O)cc2Cl)c(Cl)c1. The van der Waals surface area contributed by atoms with Crippen LogP contribution in [-0.4, -0.2) is 11.0 Å². The zero-order valence-electron chi connectivity index (χ0n) is 11.3. The van der Waals surface area contributed by atoms with Crippen molar-refractivity contribution in [3.05, 3.63) is 63.1 Å².